The van der Waals surface area contributed by atoms with Gasteiger partial charge in [0.05, 0.1) is 7.11 Å². The first kappa shape index (κ1) is 19.5. The van der Waals surface area contributed by atoms with Gasteiger partial charge in [-0.3, -0.25) is 4.79 Å². The van der Waals surface area contributed by atoms with Crippen molar-refractivity contribution in [3.63, 3.8) is 0 Å². The summed E-state index contributed by atoms with van der Waals surface area (Å²) in [6.07, 6.45) is 15.8. The van der Waals surface area contributed by atoms with Gasteiger partial charge in [0.2, 0.25) is 0 Å². The van der Waals surface area contributed by atoms with Gasteiger partial charge < -0.3 is 4.74 Å². The molecule has 0 N–H and O–H groups in total. The highest BCUT2D eigenvalue weighted by Gasteiger charge is 1.98. The second-order valence-corrected chi connectivity index (χ2v) is 6.15. The van der Waals surface area contributed by atoms with Crippen LogP contribution in [0.3, 0.4) is 0 Å². The molecule has 0 heterocycles. The van der Waals surface area contributed by atoms with Crippen molar-refractivity contribution in [2.24, 2.45) is 0 Å². The van der Waals surface area contributed by atoms with E-state index in [1.807, 2.05) is 30.3 Å². The first-order valence-electron chi connectivity index (χ1n) is 9.11. The van der Waals surface area contributed by atoms with Crippen molar-refractivity contribution in [2.45, 2.75) is 71.1 Å². The van der Waals surface area contributed by atoms with Gasteiger partial charge in [-0.15, -0.1) is 0 Å². The molecule has 0 aromatic heterocycles. The Kier molecular flexibility index (Phi) is 10.9. The van der Waals surface area contributed by atoms with Crippen LogP contribution in [0.4, 0.5) is 0 Å². The molecule has 0 aliphatic rings. The molecule has 128 valence electrons. The van der Waals surface area contributed by atoms with E-state index in [-0.39, 0.29) is 5.78 Å². The van der Waals surface area contributed by atoms with E-state index in [1.54, 1.807) is 13.2 Å². The fourth-order valence-electron chi connectivity index (χ4n) is 2.60. The molecule has 23 heavy (non-hydrogen) atoms. The summed E-state index contributed by atoms with van der Waals surface area (Å²) in [5.74, 6) is 1.06. The number of hydrogen-bond donors (Lipinski definition) is 0. The summed E-state index contributed by atoms with van der Waals surface area (Å²) in [6, 6.07) is 7.73. The number of carbonyl (C=O) groups is 1. The van der Waals surface area contributed by atoms with Crippen molar-refractivity contribution < 1.29 is 9.53 Å². The van der Waals surface area contributed by atoms with Crippen LogP contribution in [0.15, 0.2) is 30.3 Å². The van der Waals surface area contributed by atoms with Crippen LogP contribution in [-0.2, 0) is 4.79 Å². The van der Waals surface area contributed by atoms with E-state index in [0.29, 0.717) is 6.42 Å². The first-order chi connectivity index (χ1) is 11.3. The van der Waals surface area contributed by atoms with Gasteiger partial charge in [0.25, 0.3) is 0 Å². The Morgan fingerprint density at radius 1 is 0.913 bits per heavy atom. The molecule has 1 rings (SSSR count). The van der Waals surface area contributed by atoms with Gasteiger partial charge in [0, 0.05) is 6.42 Å². The second kappa shape index (κ2) is 12.9. The topological polar surface area (TPSA) is 26.3 Å². The molecule has 0 radical (unpaired) electrons. The summed E-state index contributed by atoms with van der Waals surface area (Å²) in [7, 11) is 1.65. The summed E-state index contributed by atoms with van der Waals surface area (Å²) in [5.41, 5.74) is 1.03. The highest BCUT2D eigenvalue weighted by Crippen LogP contribution is 2.13. The summed E-state index contributed by atoms with van der Waals surface area (Å²) in [4.78, 5) is 11.8. The van der Waals surface area contributed by atoms with Gasteiger partial charge in [-0.1, -0.05) is 76.5 Å². The predicted octanol–water partition coefficient (Wildman–Crippen LogP) is 6.20. The zero-order chi connectivity index (χ0) is 16.8. The van der Waals surface area contributed by atoms with Crippen LogP contribution in [-0.4, -0.2) is 12.9 Å². The largest absolute Gasteiger partial charge is 0.497 e. The molecule has 0 amide bonds. The number of methoxy groups -OCH3 is 1. The highest BCUT2D eigenvalue weighted by atomic mass is 16.5. The third-order valence-corrected chi connectivity index (χ3v) is 4.10. The van der Waals surface area contributed by atoms with Gasteiger partial charge in [0.15, 0.2) is 5.78 Å². The van der Waals surface area contributed by atoms with Crippen LogP contribution in [0.5, 0.6) is 5.75 Å². The molecule has 0 aliphatic heterocycles. The van der Waals surface area contributed by atoms with E-state index < -0.39 is 0 Å². The maximum atomic E-state index is 11.8. The third-order valence-electron chi connectivity index (χ3n) is 4.10. The Hall–Kier alpha value is -1.57. The number of benzene rings is 1. The number of ether oxygens (including phenoxy) is 1. The minimum Gasteiger partial charge on any atom is -0.497 e. The number of rotatable bonds is 13. The van der Waals surface area contributed by atoms with Crippen molar-refractivity contribution in [1.82, 2.24) is 0 Å². The van der Waals surface area contributed by atoms with Crippen LogP contribution >= 0.6 is 0 Å². The molecular weight excluding hydrogens is 284 g/mol. The van der Waals surface area contributed by atoms with Crippen LogP contribution in [0.1, 0.15) is 76.7 Å². The van der Waals surface area contributed by atoms with E-state index >= 15 is 0 Å². The molecule has 0 spiro atoms. The number of unbranched alkanes of at least 4 members (excludes halogenated alkanes) is 8. The van der Waals surface area contributed by atoms with Gasteiger partial charge in [-0.2, -0.15) is 0 Å². The normalized spacial score (nSPS) is 11.0. The molecular formula is C21H32O2. The summed E-state index contributed by atoms with van der Waals surface area (Å²) >= 11 is 0. The first-order valence-corrected chi connectivity index (χ1v) is 9.11. The van der Waals surface area contributed by atoms with Gasteiger partial charge in [-0.05, 0) is 30.2 Å². The predicted molar refractivity (Wildman–Crippen MR) is 98.9 cm³/mol. The molecule has 1 aromatic carbocycles. The molecule has 0 unspecified atom stereocenters. The lowest BCUT2D eigenvalue weighted by molar-refractivity contribution is -0.114. The van der Waals surface area contributed by atoms with Crippen LogP contribution < -0.4 is 4.74 Å². The molecule has 0 saturated heterocycles. The second-order valence-electron chi connectivity index (χ2n) is 6.15. The van der Waals surface area contributed by atoms with Crippen LogP contribution in [0.25, 0.3) is 6.08 Å². The number of allylic oxidation sites excluding steroid dienone is 1. The summed E-state index contributed by atoms with van der Waals surface area (Å²) in [5, 5.41) is 0. The Morgan fingerprint density at radius 3 is 2.04 bits per heavy atom. The van der Waals surface area contributed by atoms with E-state index in [4.69, 9.17) is 4.74 Å². The lowest BCUT2D eigenvalue weighted by atomic mass is 10.1. The van der Waals surface area contributed by atoms with Crippen molar-refractivity contribution in [2.75, 3.05) is 7.11 Å². The van der Waals surface area contributed by atoms with Crippen LogP contribution in [0.2, 0.25) is 0 Å². The molecule has 0 saturated carbocycles. The summed E-state index contributed by atoms with van der Waals surface area (Å²) in [6.45, 7) is 2.25. The molecule has 2 heteroatoms. The summed E-state index contributed by atoms with van der Waals surface area (Å²) < 4.78 is 5.12. The fraction of sp³-hybridized carbons (Fsp3) is 0.571. The molecule has 0 aliphatic carbocycles. The smallest absolute Gasteiger partial charge is 0.155 e. The van der Waals surface area contributed by atoms with E-state index in [1.165, 1.54) is 51.4 Å². The Bertz CT molecular complexity index is 445. The quantitative estimate of drug-likeness (QED) is 0.320. The van der Waals surface area contributed by atoms with Crippen molar-refractivity contribution in [3.8, 4) is 5.75 Å². The minimum absolute atomic E-state index is 0.226. The van der Waals surface area contributed by atoms with E-state index in [9.17, 15) is 4.79 Å². The van der Waals surface area contributed by atoms with Crippen molar-refractivity contribution in [1.29, 1.82) is 0 Å². The molecule has 2 nitrogen and oxygen atoms in total. The molecule has 0 atom stereocenters. The number of hydrogen-bond acceptors (Lipinski definition) is 2. The Morgan fingerprint density at radius 2 is 1.48 bits per heavy atom. The third kappa shape index (κ3) is 9.93. The fourth-order valence-corrected chi connectivity index (χ4v) is 2.60. The monoisotopic (exact) mass is 316 g/mol. The van der Waals surface area contributed by atoms with Crippen LogP contribution in [0, 0.1) is 0 Å². The Balaban J connectivity index is 2.06. The average Bonchev–Trinajstić information content (AvgIpc) is 2.59. The van der Waals surface area contributed by atoms with E-state index in [0.717, 1.165) is 17.7 Å². The lowest BCUT2D eigenvalue weighted by Crippen LogP contribution is -1.92. The average molecular weight is 316 g/mol. The van der Waals surface area contributed by atoms with Gasteiger partial charge >= 0.3 is 0 Å². The van der Waals surface area contributed by atoms with Gasteiger partial charge in [0.1, 0.15) is 5.75 Å². The maximum absolute atomic E-state index is 11.8. The molecule has 0 fully saturated rings. The Labute approximate surface area is 141 Å². The van der Waals surface area contributed by atoms with Crippen molar-refractivity contribution in [3.05, 3.63) is 35.9 Å². The zero-order valence-corrected chi connectivity index (χ0v) is 14.9. The molecule has 1 aromatic rings. The zero-order valence-electron chi connectivity index (χ0n) is 14.9. The standard InChI is InChI=1S/C21H32O2/c1-3-4-5-6-7-8-9-10-11-12-20(22)16-13-19-14-17-21(23-2)18-15-19/h13-18H,3-12H2,1-2H3/b16-13+. The van der Waals surface area contributed by atoms with Crippen molar-refractivity contribution >= 4 is 11.9 Å². The maximum Gasteiger partial charge on any atom is 0.155 e. The SMILES string of the molecule is CCCCCCCCCCCC(=O)/C=C/c1ccc(OC)cc1. The number of carbonyl (C=O) groups excluding carboxylic acids is 1. The number of ketones is 1. The minimum atomic E-state index is 0.226. The van der Waals surface area contributed by atoms with Gasteiger partial charge in [-0.25, -0.2) is 0 Å². The lowest BCUT2D eigenvalue weighted by Gasteiger charge is -2.01. The van der Waals surface area contributed by atoms with E-state index in [2.05, 4.69) is 6.92 Å². The highest BCUT2D eigenvalue weighted by molar-refractivity contribution is 5.93. The molecule has 0 bridgehead atoms.